The highest BCUT2D eigenvalue weighted by molar-refractivity contribution is 5.40. The summed E-state index contributed by atoms with van der Waals surface area (Å²) in [4.78, 5) is 2.49. The van der Waals surface area contributed by atoms with Gasteiger partial charge in [-0.15, -0.1) is 0 Å². The third-order valence-corrected chi connectivity index (χ3v) is 5.55. The van der Waals surface area contributed by atoms with Crippen LogP contribution in [0.15, 0.2) is 48.2 Å². The minimum absolute atomic E-state index is 0.0134. The lowest BCUT2D eigenvalue weighted by Crippen LogP contribution is -2.44. The summed E-state index contributed by atoms with van der Waals surface area (Å²) < 4.78 is 0. The van der Waals surface area contributed by atoms with Gasteiger partial charge in [0.1, 0.15) is 0 Å². The maximum atomic E-state index is 4.17. The van der Waals surface area contributed by atoms with Crippen molar-refractivity contribution in [2.45, 2.75) is 87.1 Å². The Morgan fingerprint density at radius 2 is 1.22 bits per heavy atom. The van der Waals surface area contributed by atoms with Gasteiger partial charge in [-0.3, -0.25) is 0 Å². The van der Waals surface area contributed by atoms with Crippen LogP contribution < -0.4 is 0 Å². The van der Waals surface area contributed by atoms with Gasteiger partial charge in [-0.05, 0) is 41.4 Å². The van der Waals surface area contributed by atoms with Crippen molar-refractivity contribution in [3.8, 4) is 0 Å². The predicted molar refractivity (Wildman–Crippen MR) is 122 cm³/mol. The Kier molecular flexibility index (Phi) is 6.53. The lowest BCUT2D eigenvalue weighted by molar-refractivity contribution is 0.158. The van der Waals surface area contributed by atoms with E-state index in [4.69, 9.17) is 0 Å². The van der Waals surface area contributed by atoms with Gasteiger partial charge in [0.2, 0.25) is 0 Å². The highest BCUT2D eigenvalue weighted by Gasteiger charge is 2.38. The quantitative estimate of drug-likeness (QED) is 0.492. The summed E-state index contributed by atoms with van der Waals surface area (Å²) in [5, 5.41) is 0. The molecule has 27 heavy (non-hydrogen) atoms. The number of hydrogen-bond acceptors (Lipinski definition) is 1. The van der Waals surface area contributed by atoms with Crippen molar-refractivity contribution in [3.63, 3.8) is 0 Å². The molecule has 0 spiro atoms. The van der Waals surface area contributed by atoms with Crippen LogP contribution in [0.4, 0.5) is 0 Å². The van der Waals surface area contributed by atoms with Crippen LogP contribution in [0, 0.1) is 10.8 Å². The molecule has 0 fully saturated rings. The highest BCUT2D eigenvalue weighted by Crippen LogP contribution is 2.44. The molecule has 1 aromatic rings. The van der Waals surface area contributed by atoms with Gasteiger partial charge >= 0.3 is 0 Å². The van der Waals surface area contributed by atoms with Crippen molar-refractivity contribution < 1.29 is 0 Å². The molecule has 152 valence electrons. The van der Waals surface area contributed by atoms with E-state index in [9.17, 15) is 0 Å². The summed E-state index contributed by atoms with van der Waals surface area (Å²) >= 11 is 0. The molecule has 0 amide bonds. The molecule has 1 heteroatoms. The van der Waals surface area contributed by atoms with Crippen molar-refractivity contribution >= 4 is 0 Å². The molecule has 1 aromatic carbocycles. The predicted octanol–water partition coefficient (Wildman–Crippen LogP) is 7.68. The number of allylic oxidation sites excluding steroid dienone is 3. The SMILES string of the molecule is C=C/C(=C(\N(C)C(C)(C)c1ccccc1C(C)(C)C)C(C)(C)C)C(C)(C)C. The smallest absolute Gasteiger partial charge is 0.0594 e. The van der Waals surface area contributed by atoms with E-state index in [0.29, 0.717) is 0 Å². The van der Waals surface area contributed by atoms with E-state index < -0.39 is 0 Å². The average molecular weight is 370 g/mol. The van der Waals surface area contributed by atoms with Gasteiger partial charge in [-0.1, -0.05) is 99.2 Å². The van der Waals surface area contributed by atoms with Crippen LogP contribution in [0.5, 0.6) is 0 Å². The number of benzene rings is 1. The molecule has 0 bridgehead atoms. The van der Waals surface area contributed by atoms with E-state index in [1.165, 1.54) is 22.4 Å². The summed E-state index contributed by atoms with van der Waals surface area (Å²) in [6, 6.07) is 8.90. The molecule has 0 aliphatic carbocycles. The molecule has 0 atom stereocenters. The highest BCUT2D eigenvalue weighted by atomic mass is 15.2. The van der Waals surface area contributed by atoms with Crippen LogP contribution in [0.1, 0.15) is 87.3 Å². The minimum atomic E-state index is -0.147. The van der Waals surface area contributed by atoms with Crippen molar-refractivity contribution in [3.05, 3.63) is 59.3 Å². The first kappa shape index (κ1) is 23.5. The van der Waals surface area contributed by atoms with Crippen molar-refractivity contribution in [2.75, 3.05) is 7.05 Å². The average Bonchev–Trinajstić information content (AvgIpc) is 2.48. The zero-order valence-corrected chi connectivity index (χ0v) is 20.0. The second-order valence-electron chi connectivity index (χ2n) is 11.4. The van der Waals surface area contributed by atoms with Crippen LogP contribution in [-0.4, -0.2) is 11.9 Å². The van der Waals surface area contributed by atoms with E-state index in [2.05, 4.69) is 125 Å². The number of nitrogens with zero attached hydrogens (tertiary/aromatic N) is 1. The van der Waals surface area contributed by atoms with Crippen LogP contribution in [0.2, 0.25) is 0 Å². The molecule has 0 aliphatic heterocycles. The Labute approximate surface area is 169 Å². The van der Waals surface area contributed by atoms with Gasteiger partial charge in [-0.25, -0.2) is 0 Å². The van der Waals surface area contributed by atoms with Crippen LogP contribution in [-0.2, 0) is 11.0 Å². The maximum absolute atomic E-state index is 4.17. The van der Waals surface area contributed by atoms with E-state index >= 15 is 0 Å². The van der Waals surface area contributed by atoms with Gasteiger partial charge < -0.3 is 4.90 Å². The molecule has 1 nitrogen and oxygen atoms in total. The lowest BCUT2D eigenvalue weighted by atomic mass is 9.74. The van der Waals surface area contributed by atoms with Gasteiger partial charge in [0.05, 0.1) is 5.54 Å². The molecule has 0 N–H and O–H groups in total. The van der Waals surface area contributed by atoms with Gasteiger partial charge in [0, 0.05) is 18.2 Å². The van der Waals surface area contributed by atoms with Crippen LogP contribution >= 0.6 is 0 Å². The van der Waals surface area contributed by atoms with E-state index in [1.807, 2.05) is 0 Å². The maximum Gasteiger partial charge on any atom is 0.0594 e. The van der Waals surface area contributed by atoms with E-state index in [0.717, 1.165) is 0 Å². The van der Waals surface area contributed by atoms with E-state index in [-0.39, 0.29) is 21.8 Å². The number of rotatable bonds is 4. The molecule has 0 aromatic heterocycles. The summed E-state index contributed by atoms with van der Waals surface area (Å²) in [6.07, 6.45) is 2.06. The summed E-state index contributed by atoms with van der Waals surface area (Å²) in [5.41, 5.74) is 5.48. The lowest BCUT2D eigenvalue weighted by Gasteiger charge is -2.47. The fourth-order valence-electron chi connectivity index (χ4n) is 3.98. The Morgan fingerprint density at radius 1 is 0.778 bits per heavy atom. The van der Waals surface area contributed by atoms with Gasteiger partial charge in [0.25, 0.3) is 0 Å². The Hall–Kier alpha value is -1.50. The Morgan fingerprint density at radius 3 is 1.56 bits per heavy atom. The van der Waals surface area contributed by atoms with Crippen molar-refractivity contribution in [2.24, 2.45) is 10.8 Å². The fraction of sp³-hybridized carbons (Fsp3) is 0.615. The standard InChI is InChI=1S/C26H43N/c1-14-19(23(2,3)4)22(25(8,9)10)27(13)26(11,12)21-18-16-15-17-20(21)24(5,6)7/h14-18H,1H2,2-13H3/b22-19+. The molecule has 1 rings (SSSR count). The van der Waals surface area contributed by atoms with Gasteiger partial charge in [0.15, 0.2) is 0 Å². The zero-order chi connectivity index (χ0) is 21.4. The first-order valence-corrected chi connectivity index (χ1v) is 10.2. The molecule has 0 saturated heterocycles. The van der Waals surface area contributed by atoms with E-state index in [1.54, 1.807) is 0 Å². The molecule has 0 radical (unpaired) electrons. The first-order valence-electron chi connectivity index (χ1n) is 10.2. The molecular weight excluding hydrogens is 326 g/mol. The molecular formula is C26H43N. The Balaban J connectivity index is 3.77. The van der Waals surface area contributed by atoms with Crippen LogP contribution in [0.25, 0.3) is 0 Å². The topological polar surface area (TPSA) is 3.24 Å². The molecule has 0 unspecified atom stereocenters. The third kappa shape index (κ3) is 5.06. The Bertz CT molecular complexity index is 697. The molecule has 0 saturated carbocycles. The van der Waals surface area contributed by atoms with Crippen molar-refractivity contribution in [1.29, 1.82) is 0 Å². The summed E-state index contributed by atoms with van der Waals surface area (Å²) in [5.74, 6) is 0. The van der Waals surface area contributed by atoms with Crippen LogP contribution in [0.3, 0.4) is 0 Å². The molecule has 0 heterocycles. The summed E-state index contributed by atoms with van der Waals surface area (Å²) in [6.45, 7) is 29.5. The minimum Gasteiger partial charge on any atom is -0.368 e. The van der Waals surface area contributed by atoms with Crippen molar-refractivity contribution in [1.82, 2.24) is 4.90 Å². The normalized spacial score (nSPS) is 14.7. The largest absolute Gasteiger partial charge is 0.368 e. The monoisotopic (exact) mass is 369 g/mol. The third-order valence-electron chi connectivity index (χ3n) is 5.55. The second kappa shape index (κ2) is 7.49. The fourth-order valence-corrected chi connectivity index (χ4v) is 3.98. The second-order valence-corrected chi connectivity index (χ2v) is 11.4. The molecule has 0 aliphatic rings. The summed E-state index contributed by atoms with van der Waals surface area (Å²) in [7, 11) is 2.25. The zero-order valence-electron chi connectivity index (χ0n) is 20.0. The number of hydrogen-bond donors (Lipinski definition) is 0. The first-order chi connectivity index (χ1) is 12.0. The van der Waals surface area contributed by atoms with Gasteiger partial charge in [-0.2, -0.15) is 0 Å².